The number of amides is 1. The topological polar surface area (TPSA) is 75.7 Å². The molecule has 0 radical (unpaired) electrons. The third-order valence-electron chi connectivity index (χ3n) is 5.14. The zero-order valence-electron chi connectivity index (χ0n) is 16.6. The largest absolute Gasteiger partial charge is 0.495 e. The fourth-order valence-electron chi connectivity index (χ4n) is 3.60. The number of ether oxygens (including phenoxy) is 1. The van der Waals surface area contributed by atoms with Crippen LogP contribution in [0, 0.1) is 3.57 Å². The summed E-state index contributed by atoms with van der Waals surface area (Å²) in [4.78, 5) is 12.8. The van der Waals surface area contributed by atoms with Crippen LogP contribution in [0.2, 0.25) is 5.02 Å². The van der Waals surface area contributed by atoms with E-state index in [1.165, 1.54) is 29.6 Å². The number of benzene rings is 2. The Bertz CT molecular complexity index is 993. The van der Waals surface area contributed by atoms with Crippen molar-refractivity contribution < 1.29 is 17.9 Å². The van der Waals surface area contributed by atoms with Crippen molar-refractivity contribution in [3.63, 3.8) is 0 Å². The van der Waals surface area contributed by atoms with Gasteiger partial charge in [-0.15, -0.1) is 0 Å². The van der Waals surface area contributed by atoms with Crippen LogP contribution in [-0.2, 0) is 14.8 Å². The van der Waals surface area contributed by atoms with E-state index in [0.717, 1.165) is 35.7 Å². The van der Waals surface area contributed by atoms with Crippen LogP contribution in [0.3, 0.4) is 0 Å². The minimum Gasteiger partial charge on any atom is -0.495 e. The number of halogens is 2. The number of anilines is 1. The SMILES string of the molecule is COc1ccc(S(=O)(=O)N(CC(=O)Nc2ccc(I)cc2)C2CCCCC2)cc1Cl. The van der Waals surface area contributed by atoms with Gasteiger partial charge < -0.3 is 10.1 Å². The van der Waals surface area contributed by atoms with Crippen LogP contribution >= 0.6 is 34.2 Å². The summed E-state index contributed by atoms with van der Waals surface area (Å²) in [6, 6.07) is 11.5. The predicted molar refractivity (Wildman–Crippen MR) is 127 cm³/mol. The minimum absolute atomic E-state index is 0.0564. The van der Waals surface area contributed by atoms with Gasteiger partial charge in [-0.3, -0.25) is 4.79 Å². The summed E-state index contributed by atoms with van der Waals surface area (Å²) in [5, 5.41) is 3.01. The first-order valence-electron chi connectivity index (χ1n) is 9.72. The molecule has 1 aliphatic rings. The molecule has 0 atom stereocenters. The van der Waals surface area contributed by atoms with E-state index in [1.807, 2.05) is 12.1 Å². The molecule has 0 aliphatic heterocycles. The molecule has 2 aromatic carbocycles. The van der Waals surface area contributed by atoms with Gasteiger partial charge >= 0.3 is 0 Å². The highest BCUT2D eigenvalue weighted by Crippen LogP contribution is 2.32. The molecule has 1 saturated carbocycles. The Balaban J connectivity index is 1.86. The van der Waals surface area contributed by atoms with Crippen molar-refractivity contribution in [1.82, 2.24) is 4.31 Å². The maximum Gasteiger partial charge on any atom is 0.243 e. The standard InChI is InChI=1S/C21H24ClIN2O4S/c1-29-20-12-11-18(13-19(20)22)30(27,28)25(17-5-3-2-4-6-17)14-21(26)24-16-9-7-15(23)8-10-16/h7-13,17H,2-6,14H2,1H3,(H,24,26). The number of nitrogens with one attached hydrogen (secondary N) is 1. The molecule has 1 fully saturated rings. The van der Waals surface area contributed by atoms with E-state index >= 15 is 0 Å². The first kappa shape index (κ1) is 23.3. The van der Waals surface area contributed by atoms with E-state index in [-0.39, 0.29) is 28.4 Å². The molecule has 1 N–H and O–H groups in total. The third kappa shape index (κ3) is 5.66. The van der Waals surface area contributed by atoms with Crippen LogP contribution < -0.4 is 10.1 Å². The summed E-state index contributed by atoms with van der Waals surface area (Å²) >= 11 is 8.35. The summed E-state index contributed by atoms with van der Waals surface area (Å²) in [5.74, 6) is 0.0289. The number of hydrogen-bond acceptors (Lipinski definition) is 4. The van der Waals surface area contributed by atoms with Crippen molar-refractivity contribution in [1.29, 1.82) is 0 Å². The maximum absolute atomic E-state index is 13.5. The van der Waals surface area contributed by atoms with Gasteiger partial charge in [0, 0.05) is 15.3 Å². The molecule has 0 bridgehead atoms. The second-order valence-electron chi connectivity index (χ2n) is 7.19. The van der Waals surface area contributed by atoms with Gasteiger partial charge in [0.15, 0.2) is 0 Å². The van der Waals surface area contributed by atoms with E-state index in [1.54, 1.807) is 12.1 Å². The Morgan fingerprint density at radius 3 is 2.43 bits per heavy atom. The smallest absolute Gasteiger partial charge is 0.243 e. The van der Waals surface area contributed by atoms with Gasteiger partial charge in [-0.25, -0.2) is 8.42 Å². The summed E-state index contributed by atoms with van der Waals surface area (Å²) in [5.41, 5.74) is 0.633. The average Bonchev–Trinajstić information content (AvgIpc) is 2.74. The van der Waals surface area contributed by atoms with E-state index in [4.69, 9.17) is 16.3 Å². The summed E-state index contributed by atoms with van der Waals surface area (Å²) < 4.78 is 34.4. The van der Waals surface area contributed by atoms with Gasteiger partial charge in [0.1, 0.15) is 5.75 Å². The lowest BCUT2D eigenvalue weighted by Gasteiger charge is -2.33. The van der Waals surface area contributed by atoms with Crippen molar-refractivity contribution in [2.24, 2.45) is 0 Å². The molecule has 1 aliphatic carbocycles. The van der Waals surface area contributed by atoms with Gasteiger partial charge in [-0.2, -0.15) is 4.31 Å². The highest BCUT2D eigenvalue weighted by atomic mass is 127. The molecule has 162 valence electrons. The Morgan fingerprint density at radius 2 is 1.83 bits per heavy atom. The van der Waals surface area contributed by atoms with Crippen molar-refractivity contribution >= 4 is 55.8 Å². The molecule has 6 nitrogen and oxygen atoms in total. The first-order chi connectivity index (χ1) is 14.3. The second kappa shape index (κ2) is 10.3. The van der Waals surface area contributed by atoms with Gasteiger partial charge in [-0.1, -0.05) is 30.9 Å². The first-order valence-corrected chi connectivity index (χ1v) is 12.6. The Labute approximate surface area is 196 Å². The number of sulfonamides is 1. The molecule has 0 spiro atoms. The summed E-state index contributed by atoms with van der Waals surface area (Å²) in [7, 11) is -2.44. The van der Waals surface area contributed by atoms with Crippen molar-refractivity contribution in [2.45, 2.75) is 43.0 Å². The number of rotatable bonds is 7. The zero-order chi connectivity index (χ0) is 21.7. The van der Waals surface area contributed by atoms with E-state index in [9.17, 15) is 13.2 Å². The van der Waals surface area contributed by atoms with Crippen LogP contribution in [-0.4, -0.2) is 38.3 Å². The third-order valence-corrected chi connectivity index (χ3v) is 8.05. The van der Waals surface area contributed by atoms with Crippen LogP contribution in [0.1, 0.15) is 32.1 Å². The molecule has 9 heteroatoms. The van der Waals surface area contributed by atoms with E-state index in [0.29, 0.717) is 11.4 Å². The quantitative estimate of drug-likeness (QED) is 0.487. The molecule has 0 aromatic heterocycles. The molecular weight excluding hydrogens is 539 g/mol. The normalized spacial score (nSPS) is 15.2. The second-order valence-corrected chi connectivity index (χ2v) is 10.7. The molecule has 1 amide bonds. The lowest BCUT2D eigenvalue weighted by atomic mass is 9.95. The lowest BCUT2D eigenvalue weighted by Crippen LogP contribution is -2.45. The van der Waals surface area contributed by atoms with Crippen molar-refractivity contribution in [2.75, 3.05) is 19.0 Å². The maximum atomic E-state index is 13.5. The van der Waals surface area contributed by atoms with Gasteiger partial charge in [0.2, 0.25) is 15.9 Å². The Kier molecular flexibility index (Phi) is 8.00. The predicted octanol–water partition coefficient (Wildman–Crippen LogP) is 4.92. The highest BCUT2D eigenvalue weighted by Gasteiger charge is 2.34. The van der Waals surface area contributed by atoms with Crippen LogP contribution in [0.5, 0.6) is 5.75 Å². The van der Waals surface area contributed by atoms with Crippen LogP contribution in [0.15, 0.2) is 47.4 Å². The Morgan fingerprint density at radius 1 is 1.17 bits per heavy atom. The van der Waals surface area contributed by atoms with Gasteiger partial charge in [0.25, 0.3) is 0 Å². The fourth-order valence-corrected chi connectivity index (χ4v) is 5.95. The van der Waals surface area contributed by atoms with Crippen LogP contribution in [0.25, 0.3) is 0 Å². The average molecular weight is 563 g/mol. The molecule has 3 rings (SSSR count). The molecule has 2 aromatic rings. The zero-order valence-corrected chi connectivity index (χ0v) is 20.3. The number of carbonyl (C=O) groups is 1. The van der Waals surface area contributed by atoms with Crippen LogP contribution in [0.4, 0.5) is 5.69 Å². The monoisotopic (exact) mass is 562 g/mol. The molecule has 30 heavy (non-hydrogen) atoms. The molecule has 0 unspecified atom stereocenters. The van der Waals surface area contributed by atoms with Gasteiger partial charge in [-0.05, 0) is 77.9 Å². The van der Waals surface area contributed by atoms with Crippen molar-refractivity contribution in [3.8, 4) is 5.75 Å². The highest BCUT2D eigenvalue weighted by molar-refractivity contribution is 14.1. The number of hydrogen-bond donors (Lipinski definition) is 1. The minimum atomic E-state index is -3.91. The summed E-state index contributed by atoms with van der Waals surface area (Å²) in [6.45, 7) is -0.247. The Hall–Kier alpha value is -1.36. The van der Waals surface area contributed by atoms with E-state index < -0.39 is 10.0 Å². The van der Waals surface area contributed by atoms with E-state index in [2.05, 4.69) is 27.9 Å². The summed E-state index contributed by atoms with van der Waals surface area (Å²) in [6.07, 6.45) is 4.44. The molecular formula is C21H24ClIN2O4S. The number of carbonyl (C=O) groups excluding carboxylic acids is 1. The lowest BCUT2D eigenvalue weighted by molar-refractivity contribution is -0.116. The molecule has 0 saturated heterocycles. The number of methoxy groups -OCH3 is 1. The molecule has 0 heterocycles. The van der Waals surface area contributed by atoms with Gasteiger partial charge in [0.05, 0.1) is 23.6 Å². The number of nitrogens with zero attached hydrogens (tertiary/aromatic N) is 1. The van der Waals surface area contributed by atoms with Crippen molar-refractivity contribution in [3.05, 3.63) is 51.1 Å². The fraction of sp³-hybridized carbons (Fsp3) is 0.381.